The van der Waals surface area contributed by atoms with Crippen molar-refractivity contribution in [2.75, 3.05) is 18.0 Å². The number of hydrogen-bond donors (Lipinski definition) is 4. The number of aromatic nitrogens is 2. The van der Waals surface area contributed by atoms with Crippen molar-refractivity contribution in [2.24, 2.45) is 5.92 Å². The topological polar surface area (TPSA) is 119 Å². The zero-order chi connectivity index (χ0) is 20.6. The molecule has 0 bridgehead atoms. The van der Waals surface area contributed by atoms with E-state index < -0.39 is 12.6 Å². The third-order valence-electron chi connectivity index (χ3n) is 4.80. The van der Waals surface area contributed by atoms with Crippen LogP contribution in [0, 0.1) is 12.8 Å². The summed E-state index contributed by atoms with van der Waals surface area (Å²) in [5.74, 6) is -1.31. The molecule has 0 saturated carbocycles. The smallest absolute Gasteiger partial charge is 0.347 e. The van der Waals surface area contributed by atoms with Gasteiger partial charge in [0.25, 0.3) is 5.91 Å². The maximum atomic E-state index is 12.6. The summed E-state index contributed by atoms with van der Waals surface area (Å²) in [5, 5.41) is 22.6. The number of nitrogens with zero attached hydrogens (tertiary/aromatic N) is 2. The highest BCUT2D eigenvalue weighted by molar-refractivity contribution is 7.17. The van der Waals surface area contributed by atoms with Gasteiger partial charge in [0.2, 0.25) is 0 Å². The van der Waals surface area contributed by atoms with Gasteiger partial charge >= 0.3 is 5.97 Å². The Morgan fingerprint density at radius 2 is 2.11 bits per heavy atom. The van der Waals surface area contributed by atoms with Crippen molar-refractivity contribution in [3.63, 3.8) is 0 Å². The number of rotatable bonds is 5. The Kier molecular flexibility index (Phi) is 6.18. The van der Waals surface area contributed by atoms with E-state index in [0.717, 1.165) is 11.3 Å². The van der Waals surface area contributed by atoms with Crippen molar-refractivity contribution in [3.05, 3.63) is 32.0 Å². The van der Waals surface area contributed by atoms with Crippen LogP contribution in [0.2, 0.25) is 10.0 Å². The Labute approximate surface area is 175 Å². The molecule has 8 nitrogen and oxygen atoms in total. The minimum absolute atomic E-state index is 0.0502. The Morgan fingerprint density at radius 3 is 2.61 bits per heavy atom. The summed E-state index contributed by atoms with van der Waals surface area (Å²) >= 11 is 13.2. The second-order valence-corrected chi connectivity index (χ2v) is 8.51. The Balaban J connectivity index is 1.67. The van der Waals surface area contributed by atoms with E-state index in [0.29, 0.717) is 35.4 Å². The molecule has 3 heterocycles. The fourth-order valence-corrected chi connectivity index (χ4v) is 4.62. The van der Waals surface area contributed by atoms with Gasteiger partial charge in [0.05, 0.1) is 22.3 Å². The number of H-pyrrole nitrogens is 1. The summed E-state index contributed by atoms with van der Waals surface area (Å²) in [6.07, 6.45) is 0.661. The molecule has 0 radical (unpaired) electrons. The van der Waals surface area contributed by atoms with Gasteiger partial charge in [-0.25, -0.2) is 9.78 Å². The van der Waals surface area contributed by atoms with E-state index in [1.165, 1.54) is 0 Å². The van der Waals surface area contributed by atoms with Crippen molar-refractivity contribution in [1.82, 2.24) is 15.3 Å². The number of thiazole rings is 1. The highest BCUT2D eigenvalue weighted by atomic mass is 35.5. The first-order valence-electron chi connectivity index (χ1n) is 8.66. The molecule has 1 amide bonds. The Morgan fingerprint density at radius 1 is 1.39 bits per heavy atom. The van der Waals surface area contributed by atoms with Crippen LogP contribution in [0.3, 0.4) is 0 Å². The Bertz CT molecular complexity index is 913. The maximum Gasteiger partial charge on any atom is 0.347 e. The molecule has 1 aliphatic heterocycles. The number of carboxylic acid groups (broad SMARTS) is 1. The van der Waals surface area contributed by atoms with E-state index in [1.807, 2.05) is 11.8 Å². The lowest BCUT2D eigenvalue weighted by Crippen LogP contribution is -2.50. The van der Waals surface area contributed by atoms with Crippen LogP contribution in [-0.2, 0) is 6.61 Å². The van der Waals surface area contributed by atoms with Crippen LogP contribution in [0.1, 0.15) is 44.9 Å². The fourth-order valence-electron chi connectivity index (χ4n) is 3.25. The van der Waals surface area contributed by atoms with Crippen LogP contribution >= 0.6 is 34.5 Å². The van der Waals surface area contributed by atoms with Gasteiger partial charge in [-0.05, 0) is 19.3 Å². The standard InChI is InChI=1S/C17H20Cl2N4O4S/c1-7-5-23(17-22-10(6-24)14(28-17)16(26)27)4-3-9(7)21-15(25)13-12(19)11(18)8(2)20-13/h7,9,20,24H,3-6H2,1-2H3,(H,21,25)(H,26,27)/t7-,9+/m0/s1. The zero-order valence-electron chi connectivity index (χ0n) is 15.3. The van der Waals surface area contributed by atoms with Gasteiger partial charge in [0.15, 0.2) is 5.13 Å². The molecular weight excluding hydrogens is 427 g/mol. The zero-order valence-corrected chi connectivity index (χ0v) is 17.6. The summed E-state index contributed by atoms with van der Waals surface area (Å²) < 4.78 is 0. The van der Waals surface area contributed by atoms with Crippen molar-refractivity contribution >= 4 is 51.5 Å². The first-order chi connectivity index (χ1) is 13.2. The minimum Gasteiger partial charge on any atom is -0.477 e. The molecule has 4 N–H and O–H groups in total. The number of hydrogen-bond acceptors (Lipinski definition) is 6. The van der Waals surface area contributed by atoms with Crippen LogP contribution in [-0.4, -0.2) is 51.2 Å². The Hall–Kier alpha value is -1.81. The predicted octanol–water partition coefficient (Wildman–Crippen LogP) is 2.92. The highest BCUT2D eigenvalue weighted by Gasteiger charge is 2.31. The quantitative estimate of drug-likeness (QED) is 0.560. The highest BCUT2D eigenvalue weighted by Crippen LogP contribution is 2.31. The summed E-state index contributed by atoms with van der Waals surface area (Å²) in [4.78, 5) is 33.0. The van der Waals surface area contributed by atoms with Crippen molar-refractivity contribution in [1.29, 1.82) is 0 Å². The SMILES string of the molecule is Cc1[nH]c(C(=O)N[C@@H]2CCN(c3nc(CO)c(C(=O)O)s3)C[C@@H]2C)c(Cl)c1Cl. The monoisotopic (exact) mass is 446 g/mol. The molecule has 0 aliphatic carbocycles. The van der Waals surface area contributed by atoms with E-state index in [9.17, 15) is 19.8 Å². The van der Waals surface area contributed by atoms with E-state index in [-0.39, 0.29) is 39.2 Å². The lowest BCUT2D eigenvalue weighted by atomic mass is 9.94. The molecule has 1 fully saturated rings. The number of aliphatic hydroxyl groups is 1. The van der Waals surface area contributed by atoms with Gasteiger partial charge < -0.3 is 25.4 Å². The number of aliphatic hydroxyl groups excluding tert-OH is 1. The number of anilines is 1. The van der Waals surface area contributed by atoms with Gasteiger partial charge in [0.1, 0.15) is 10.6 Å². The molecule has 2 aromatic rings. The molecule has 0 aromatic carbocycles. The van der Waals surface area contributed by atoms with Gasteiger partial charge in [-0.3, -0.25) is 4.79 Å². The average Bonchev–Trinajstić information content (AvgIpc) is 3.20. The number of aryl methyl sites for hydroxylation is 1. The van der Waals surface area contributed by atoms with Gasteiger partial charge in [-0.1, -0.05) is 41.5 Å². The lowest BCUT2D eigenvalue weighted by molar-refractivity contribution is 0.0698. The van der Waals surface area contributed by atoms with Crippen molar-refractivity contribution in [3.8, 4) is 0 Å². The van der Waals surface area contributed by atoms with Crippen molar-refractivity contribution < 1.29 is 19.8 Å². The van der Waals surface area contributed by atoms with Crippen molar-refractivity contribution in [2.45, 2.75) is 32.9 Å². The van der Waals surface area contributed by atoms with Crippen LogP contribution in [0.25, 0.3) is 0 Å². The second kappa shape index (κ2) is 8.28. The number of piperidine rings is 1. The van der Waals surface area contributed by atoms with E-state index in [4.69, 9.17) is 23.2 Å². The normalized spacial score (nSPS) is 19.7. The minimum atomic E-state index is -1.10. The lowest BCUT2D eigenvalue weighted by Gasteiger charge is -2.37. The van der Waals surface area contributed by atoms with Gasteiger partial charge in [-0.15, -0.1) is 0 Å². The van der Waals surface area contributed by atoms with Gasteiger partial charge in [-0.2, -0.15) is 0 Å². The first kappa shape index (κ1) is 20.9. The number of carboxylic acids is 1. The van der Waals surface area contributed by atoms with Crippen LogP contribution in [0.4, 0.5) is 5.13 Å². The van der Waals surface area contributed by atoms with E-state index in [2.05, 4.69) is 15.3 Å². The molecule has 152 valence electrons. The molecule has 2 aromatic heterocycles. The average molecular weight is 447 g/mol. The van der Waals surface area contributed by atoms with E-state index >= 15 is 0 Å². The molecule has 1 saturated heterocycles. The molecule has 0 spiro atoms. The van der Waals surface area contributed by atoms with Crippen LogP contribution in [0.5, 0.6) is 0 Å². The predicted molar refractivity (Wildman–Crippen MR) is 108 cm³/mol. The molecule has 28 heavy (non-hydrogen) atoms. The molecule has 0 unspecified atom stereocenters. The largest absolute Gasteiger partial charge is 0.477 e. The van der Waals surface area contributed by atoms with Crippen LogP contribution < -0.4 is 10.2 Å². The number of carbonyl (C=O) groups is 2. The third-order valence-corrected chi connectivity index (χ3v) is 6.90. The summed E-state index contributed by atoms with van der Waals surface area (Å²) in [6.45, 7) is 4.53. The number of amides is 1. The van der Waals surface area contributed by atoms with E-state index in [1.54, 1.807) is 6.92 Å². The summed E-state index contributed by atoms with van der Waals surface area (Å²) in [7, 11) is 0. The second-order valence-electron chi connectivity index (χ2n) is 6.78. The number of nitrogens with one attached hydrogen (secondary N) is 2. The molecule has 3 rings (SSSR count). The van der Waals surface area contributed by atoms with Gasteiger partial charge in [0, 0.05) is 24.8 Å². The molecule has 2 atom stereocenters. The molecule has 1 aliphatic rings. The molecule has 11 heteroatoms. The molecular formula is C17H20Cl2N4O4S. The summed E-state index contributed by atoms with van der Waals surface area (Å²) in [6, 6.07) is -0.0709. The fraction of sp³-hybridized carbons (Fsp3) is 0.471. The number of halogens is 2. The van der Waals surface area contributed by atoms with Crippen LogP contribution in [0.15, 0.2) is 0 Å². The number of aromatic amines is 1. The maximum absolute atomic E-state index is 12.6. The summed E-state index contributed by atoms with van der Waals surface area (Å²) in [5.41, 5.74) is 1.05. The number of carbonyl (C=O) groups excluding carboxylic acids is 1. The number of aromatic carboxylic acids is 1. The first-order valence-corrected chi connectivity index (χ1v) is 10.2. The third kappa shape index (κ3) is 3.98.